The standard InChI is InChI=1S/C12H13ClN2O2/c13-10-3-1-2-9(6-10)8-15-5-4-11(16)14-7-12(15)17/h1-3,6H,4-5,7-8H2,(H,14,16). The van der Waals surface area contributed by atoms with Crippen LogP contribution >= 0.6 is 11.6 Å². The van der Waals surface area contributed by atoms with Crippen molar-refractivity contribution in [3.05, 3.63) is 34.9 Å². The first-order valence-corrected chi connectivity index (χ1v) is 5.82. The second kappa shape index (κ2) is 5.19. The number of hydrogen-bond acceptors (Lipinski definition) is 2. The number of carbonyl (C=O) groups is 2. The van der Waals surface area contributed by atoms with Gasteiger partial charge in [0.15, 0.2) is 0 Å². The average molecular weight is 253 g/mol. The monoisotopic (exact) mass is 252 g/mol. The zero-order valence-corrected chi connectivity index (χ0v) is 10.0. The summed E-state index contributed by atoms with van der Waals surface area (Å²) in [4.78, 5) is 24.6. The van der Waals surface area contributed by atoms with E-state index in [4.69, 9.17) is 11.6 Å². The SMILES string of the molecule is O=C1CCN(Cc2cccc(Cl)c2)C(=O)CN1. The Hall–Kier alpha value is -1.55. The van der Waals surface area contributed by atoms with Crippen LogP contribution in [0.3, 0.4) is 0 Å². The van der Waals surface area contributed by atoms with Gasteiger partial charge in [-0.25, -0.2) is 0 Å². The number of benzene rings is 1. The third-order valence-electron chi connectivity index (χ3n) is 2.66. The lowest BCUT2D eigenvalue weighted by Crippen LogP contribution is -2.34. The molecule has 0 bridgehead atoms. The van der Waals surface area contributed by atoms with Gasteiger partial charge in [-0.2, -0.15) is 0 Å². The fourth-order valence-corrected chi connectivity index (χ4v) is 1.97. The van der Waals surface area contributed by atoms with Crippen LogP contribution in [-0.4, -0.2) is 29.8 Å². The third kappa shape index (κ3) is 3.20. The lowest BCUT2D eigenvalue weighted by atomic mass is 10.2. The van der Waals surface area contributed by atoms with E-state index in [-0.39, 0.29) is 18.4 Å². The van der Waals surface area contributed by atoms with Crippen molar-refractivity contribution < 1.29 is 9.59 Å². The van der Waals surface area contributed by atoms with Crippen molar-refractivity contribution in [1.29, 1.82) is 0 Å². The van der Waals surface area contributed by atoms with Crippen LogP contribution in [0, 0.1) is 0 Å². The highest BCUT2D eigenvalue weighted by molar-refractivity contribution is 6.30. The second-order valence-corrected chi connectivity index (χ2v) is 4.41. The molecule has 1 fully saturated rings. The van der Waals surface area contributed by atoms with E-state index >= 15 is 0 Å². The summed E-state index contributed by atoms with van der Waals surface area (Å²) in [6.07, 6.45) is 0.353. The molecule has 0 spiro atoms. The van der Waals surface area contributed by atoms with Crippen molar-refractivity contribution in [3.8, 4) is 0 Å². The second-order valence-electron chi connectivity index (χ2n) is 3.97. The molecule has 0 radical (unpaired) electrons. The van der Waals surface area contributed by atoms with Crippen LogP contribution < -0.4 is 5.32 Å². The van der Waals surface area contributed by atoms with Gasteiger partial charge in [-0.05, 0) is 17.7 Å². The Morgan fingerprint density at radius 2 is 2.18 bits per heavy atom. The molecule has 1 aromatic rings. The number of halogens is 1. The number of carbonyl (C=O) groups excluding carboxylic acids is 2. The maximum absolute atomic E-state index is 11.7. The molecule has 1 aromatic carbocycles. The Bertz CT molecular complexity index is 448. The Balaban J connectivity index is 2.07. The zero-order chi connectivity index (χ0) is 12.3. The molecule has 0 aromatic heterocycles. The van der Waals surface area contributed by atoms with Crippen LogP contribution in [0.2, 0.25) is 5.02 Å². The van der Waals surface area contributed by atoms with E-state index in [2.05, 4.69) is 5.32 Å². The number of nitrogens with one attached hydrogen (secondary N) is 1. The quantitative estimate of drug-likeness (QED) is 0.860. The summed E-state index contributed by atoms with van der Waals surface area (Å²) >= 11 is 5.88. The molecule has 0 unspecified atom stereocenters. The van der Waals surface area contributed by atoms with E-state index in [9.17, 15) is 9.59 Å². The third-order valence-corrected chi connectivity index (χ3v) is 2.90. The highest BCUT2D eigenvalue weighted by Crippen LogP contribution is 2.13. The zero-order valence-electron chi connectivity index (χ0n) is 9.28. The summed E-state index contributed by atoms with van der Waals surface area (Å²) in [5.41, 5.74) is 0.972. The number of nitrogens with zero attached hydrogens (tertiary/aromatic N) is 1. The van der Waals surface area contributed by atoms with Crippen LogP contribution in [0.15, 0.2) is 24.3 Å². The van der Waals surface area contributed by atoms with E-state index < -0.39 is 0 Å². The summed E-state index contributed by atoms with van der Waals surface area (Å²) < 4.78 is 0. The van der Waals surface area contributed by atoms with Crippen molar-refractivity contribution in [2.24, 2.45) is 0 Å². The van der Waals surface area contributed by atoms with Gasteiger partial charge in [-0.1, -0.05) is 23.7 Å². The van der Waals surface area contributed by atoms with Gasteiger partial charge in [0.05, 0.1) is 6.54 Å². The fourth-order valence-electron chi connectivity index (χ4n) is 1.76. The van der Waals surface area contributed by atoms with Gasteiger partial charge in [-0.15, -0.1) is 0 Å². The van der Waals surface area contributed by atoms with Crippen molar-refractivity contribution in [2.45, 2.75) is 13.0 Å². The molecule has 1 N–H and O–H groups in total. The van der Waals surface area contributed by atoms with Gasteiger partial charge in [0.2, 0.25) is 11.8 Å². The van der Waals surface area contributed by atoms with Gasteiger partial charge in [-0.3, -0.25) is 9.59 Å². The molecule has 2 amide bonds. The summed E-state index contributed by atoms with van der Waals surface area (Å²) in [5.74, 6) is -0.136. The van der Waals surface area contributed by atoms with E-state index in [0.717, 1.165) is 5.56 Å². The molecule has 90 valence electrons. The minimum absolute atomic E-state index is 0.0594. The lowest BCUT2D eigenvalue weighted by molar-refractivity contribution is -0.130. The largest absolute Gasteiger partial charge is 0.347 e. The summed E-state index contributed by atoms with van der Waals surface area (Å²) in [6.45, 7) is 1.03. The van der Waals surface area contributed by atoms with Gasteiger partial charge in [0.25, 0.3) is 0 Å². The Labute approximate surface area is 105 Å². The van der Waals surface area contributed by atoms with Crippen molar-refractivity contribution in [1.82, 2.24) is 10.2 Å². The van der Waals surface area contributed by atoms with E-state index in [1.807, 2.05) is 18.2 Å². The first kappa shape index (κ1) is 11.9. The predicted octanol–water partition coefficient (Wildman–Crippen LogP) is 1.19. The summed E-state index contributed by atoms with van der Waals surface area (Å²) in [5, 5.41) is 3.22. The molecule has 1 aliphatic heterocycles. The molecule has 1 aliphatic rings. The highest BCUT2D eigenvalue weighted by Gasteiger charge is 2.19. The van der Waals surface area contributed by atoms with Crippen LogP contribution in [0.5, 0.6) is 0 Å². The first-order chi connectivity index (χ1) is 8.15. The Kier molecular flexibility index (Phi) is 3.64. The van der Waals surface area contributed by atoms with Crippen molar-refractivity contribution >= 4 is 23.4 Å². The normalized spacial score (nSPS) is 16.6. The minimum atomic E-state index is -0.0769. The number of amides is 2. The maximum atomic E-state index is 11.7. The number of rotatable bonds is 2. The molecule has 5 heteroatoms. The fraction of sp³-hybridized carbons (Fsp3) is 0.333. The smallest absolute Gasteiger partial charge is 0.242 e. The molecule has 4 nitrogen and oxygen atoms in total. The first-order valence-electron chi connectivity index (χ1n) is 5.44. The molecule has 1 heterocycles. The molecular weight excluding hydrogens is 240 g/mol. The molecule has 0 aliphatic carbocycles. The minimum Gasteiger partial charge on any atom is -0.347 e. The van der Waals surface area contributed by atoms with Crippen LogP contribution in [0.25, 0.3) is 0 Å². The predicted molar refractivity (Wildman–Crippen MR) is 64.5 cm³/mol. The van der Waals surface area contributed by atoms with E-state index in [1.54, 1.807) is 11.0 Å². The van der Waals surface area contributed by atoms with E-state index in [1.165, 1.54) is 0 Å². The highest BCUT2D eigenvalue weighted by atomic mass is 35.5. The maximum Gasteiger partial charge on any atom is 0.242 e. The Morgan fingerprint density at radius 3 is 2.94 bits per heavy atom. The lowest BCUT2D eigenvalue weighted by Gasteiger charge is -2.19. The van der Waals surface area contributed by atoms with Gasteiger partial charge in [0, 0.05) is 24.5 Å². The van der Waals surface area contributed by atoms with E-state index in [0.29, 0.717) is 24.5 Å². The molecule has 17 heavy (non-hydrogen) atoms. The van der Waals surface area contributed by atoms with Gasteiger partial charge < -0.3 is 10.2 Å². The van der Waals surface area contributed by atoms with Crippen LogP contribution in [-0.2, 0) is 16.1 Å². The number of hydrogen-bond donors (Lipinski definition) is 1. The van der Waals surface area contributed by atoms with Crippen LogP contribution in [0.1, 0.15) is 12.0 Å². The van der Waals surface area contributed by atoms with Gasteiger partial charge in [0.1, 0.15) is 0 Å². The molecule has 0 atom stereocenters. The molecule has 1 saturated heterocycles. The van der Waals surface area contributed by atoms with Gasteiger partial charge >= 0.3 is 0 Å². The van der Waals surface area contributed by atoms with Crippen LogP contribution in [0.4, 0.5) is 0 Å². The van der Waals surface area contributed by atoms with Crippen molar-refractivity contribution in [3.63, 3.8) is 0 Å². The van der Waals surface area contributed by atoms with Crippen molar-refractivity contribution in [2.75, 3.05) is 13.1 Å². The molecule has 2 rings (SSSR count). The summed E-state index contributed by atoms with van der Waals surface area (Å²) in [6, 6.07) is 7.39. The average Bonchev–Trinajstić information content (AvgIpc) is 2.45. The molecule has 0 saturated carbocycles. The molecular formula is C12H13ClN2O2. The summed E-state index contributed by atoms with van der Waals surface area (Å²) in [7, 11) is 0. The topological polar surface area (TPSA) is 49.4 Å². The Morgan fingerprint density at radius 1 is 1.35 bits per heavy atom.